The SMILES string of the molecule is CSCCC(NC(=O)Nc1nc(C)ns1)c1nc2ccccc2[nH]1. The number of aryl methyl sites for hydroxylation is 1. The molecule has 3 aromatic rings. The summed E-state index contributed by atoms with van der Waals surface area (Å²) in [6.07, 6.45) is 2.82. The Hall–Kier alpha value is -2.13. The summed E-state index contributed by atoms with van der Waals surface area (Å²) in [4.78, 5) is 24.3. The van der Waals surface area contributed by atoms with Crippen LogP contribution >= 0.6 is 23.3 Å². The molecular weight excluding hydrogens is 344 g/mol. The van der Waals surface area contributed by atoms with Gasteiger partial charge in [0.1, 0.15) is 11.6 Å². The van der Waals surface area contributed by atoms with Gasteiger partial charge in [-0.2, -0.15) is 16.1 Å². The van der Waals surface area contributed by atoms with Gasteiger partial charge in [0.25, 0.3) is 0 Å². The van der Waals surface area contributed by atoms with Crippen LogP contribution in [-0.4, -0.2) is 37.4 Å². The van der Waals surface area contributed by atoms with E-state index in [-0.39, 0.29) is 12.1 Å². The highest BCUT2D eigenvalue weighted by atomic mass is 32.2. The normalized spacial score (nSPS) is 12.2. The van der Waals surface area contributed by atoms with Gasteiger partial charge in [0.2, 0.25) is 5.13 Å². The Kier molecular flexibility index (Phi) is 5.31. The average Bonchev–Trinajstić information content (AvgIpc) is 3.17. The van der Waals surface area contributed by atoms with Gasteiger partial charge in [-0.3, -0.25) is 5.32 Å². The van der Waals surface area contributed by atoms with Gasteiger partial charge >= 0.3 is 6.03 Å². The number of anilines is 1. The van der Waals surface area contributed by atoms with Crippen LogP contribution in [0.5, 0.6) is 0 Å². The second-order valence-electron chi connectivity index (χ2n) is 5.22. The number of hydrogen-bond donors (Lipinski definition) is 3. The van der Waals surface area contributed by atoms with Gasteiger partial charge in [0, 0.05) is 11.5 Å². The van der Waals surface area contributed by atoms with Crippen LogP contribution in [0.2, 0.25) is 0 Å². The molecule has 3 N–H and O–H groups in total. The fourth-order valence-electron chi connectivity index (χ4n) is 2.29. The summed E-state index contributed by atoms with van der Waals surface area (Å²) in [5.74, 6) is 2.32. The van der Waals surface area contributed by atoms with Crippen molar-refractivity contribution in [1.29, 1.82) is 0 Å². The van der Waals surface area contributed by atoms with Gasteiger partial charge in [0.15, 0.2) is 0 Å². The molecular formula is C15H18N6OS2. The maximum atomic E-state index is 12.3. The van der Waals surface area contributed by atoms with Crippen LogP contribution in [-0.2, 0) is 0 Å². The van der Waals surface area contributed by atoms with Crippen LogP contribution in [0.25, 0.3) is 11.0 Å². The molecule has 2 heterocycles. The number of aromatic nitrogens is 4. The Labute approximate surface area is 147 Å². The topological polar surface area (TPSA) is 95.6 Å². The molecule has 0 aliphatic rings. The van der Waals surface area contributed by atoms with Crippen molar-refractivity contribution >= 4 is 45.5 Å². The summed E-state index contributed by atoms with van der Waals surface area (Å²) >= 11 is 2.89. The number of H-pyrrole nitrogens is 1. The van der Waals surface area contributed by atoms with Crippen LogP contribution in [0.1, 0.15) is 24.1 Å². The van der Waals surface area contributed by atoms with Crippen molar-refractivity contribution in [2.75, 3.05) is 17.3 Å². The van der Waals surface area contributed by atoms with E-state index in [2.05, 4.69) is 30.0 Å². The average molecular weight is 362 g/mol. The molecule has 0 fully saturated rings. The summed E-state index contributed by atoms with van der Waals surface area (Å²) in [5.41, 5.74) is 1.85. The predicted molar refractivity (Wildman–Crippen MR) is 98.6 cm³/mol. The Morgan fingerprint density at radius 2 is 2.21 bits per heavy atom. The minimum atomic E-state index is -0.308. The molecule has 0 aliphatic carbocycles. The molecule has 9 heteroatoms. The molecule has 0 radical (unpaired) electrons. The van der Waals surface area contributed by atoms with Crippen LogP contribution in [0, 0.1) is 6.92 Å². The molecule has 1 unspecified atom stereocenters. The zero-order valence-corrected chi connectivity index (χ0v) is 15.0. The van der Waals surface area contributed by atoms with E-state index in [1.165, 1.54) is 0 Å². The molecule has 2 aromatic heterocycles. The minimum Gasteiger partial charge on any atom is -0.340 e. The number of urea groups is 1. The third-order valence-electron chi connectivity index (χ3n) is 3.40. The molecule has 3 rings (SSSR count). The lowest BCUT2D eigenvalue weighted by Crippen LogP contribution is -2.33. The molecule has 1 atom stereocenters. The number of amides is 2. The fraction of sp³-hybridized carbons (Fsp3) is 0.333. The van der Waals surface area contributed by atoms with Crippen molar-refractivity contribution in [3.8, 4) is 0 Å². The number of nitrogens with zero attached hydrogens (tertiary/aromatic N) is 3. The number of carbonyl (C=O) groups is 1. The van der Waals surface area contributed by atoms with Gasteiger partial charge in [0.05, 0.1) is 17.1 Å². The number of imidazole rings is 1. The molecule has 2 amide bonds. The minimum absolute atomic E-state index is 0.195. The number of aromatic amines is 1. The molecule has 7 nitrogen and oxygen atoms in total. The van der Waals surface area contributed by atoms with E-state index >= 15 is 0 Å². The summed E-state index contributed by atoms with van der Waals surface area (Å²) in [6, 6.07) is 7.32. The lowest BCUT2D eigenvalue weighted by Gasteiger charge is -2.16. The lowest BCUT2D eigenvalue weighted by molar-refractivity contribution is 0.248. The second-order valence-corrected chi connectivity index (χ2v) is 6.96. The fourth-order valence-corrected chi connectivity index (χ4v) is 3.33. The lowest BCUT2D eigenvalue weighted by atomic mass is 10.2. The van der Waals surface area contributed by atoms with Crippen molar-refractivity contribution in [3.05, 3.63) is 35.9 Å². The summed E-state index contributed by atoms with van der Waals surface area (Å²) in [7, 11) is 0. The van der Waals surface area contributed by atoms with E-state index in [1.54, 1.807) is 18.7 Å². The number of nitrogens with one attached hydrogen (secondary N) is 3. The highest BCUT2D eigenvalue weighted by molar-refractivity contribution is 7.98. The number of hydrogen-bond acceptors (Lipinski definition) is 6. The van der Waals surface area contributed by atoms with Crippen molar-refractivity contribution in [3.63, 3.8) is 0 Å². The summed E-state index contributed by atoms with van der Waals surface area (Å²) in [6.45, 7) is 1.79. The van der Waals surface area contributed by atoms with Crippen molar-refractivity contribution in [2.24, 2.45) is 0 Å². The Bertz CT molecular complexity index is 797. The zero-order valence-electron chi connectivity index (χ0n) is 13.4. The van der Waals surface area contributed by atoms with Crippen molar-refractivity contribution in [2.45, 2.75) is 19.4 Å². The van der Waals surface area contributed by atoms with Crippen molar-refractivity contribution < 1.29 is 4.79 Å². The summed E-state index contributed by atoms with van der Waals surface area (Å²) in [5, 5.41) is 6.17. The quantitative estimate of drug-likeness (QED) is 0.625. The van der Waals surface area contributed by atoms with Crippen LogP contribution < -0.4 is 10.6 Å². The highest BCUT2D eigenvalue weighted by Gasteiger charge is 2.19. The predicted octanol–water partition coefficient (Wildman–Crippen LogP) is 3.34. The summed E-state index contributed by atoms with van der Waals surface area (Å²) < 4.78 is 4.05. The van der Waals surface area contributed by atoms with Crippen LogP contribution in [0.15, 0.2) is 24.3 Å². The van der Waals surface area contributed by atoms with E-state index in [0.29, 0.717) is 11.0 Å². The van der Waals surface area contributed by atoms with E-state index in [0.717, 1.165) is 40.6 Å². The maximum absolute atomic E-state index is 12.3. The first-order valence-corrected chi connectivity index (χ1v) is 9.64. The third kappa shape index (κ3) is 4.04. The first-order chi connectivity index (χ1) is 11.7. The first-order valence-electron chi connectivity index (χ1n) is 7.47. The highest BCUT2D eigenvalue weighted by Crippen LogP contribution is 2.20. The Morgan fingerprint density at radius 1 is 1.38 bits per heavy atom. The molecule has 0 saturated carbocycles. The second kappa shape index (κ2) is 7.63. The van der Waals surface area contributed by atoms with E-state index in [9.17, 15) is 4.79 Å². The Morgan fingerprint density at radius 3 is 2.92 bits per heavy atom. The molecule has 0 bridgehead atoms. The number of benzene rings is 1. The Balaban J connectivity index is 1.74. The molecule has 0 aliphatic heterocycles. The molecule has 126 valence electrons. The van der Waals surface area contributed by atoms with Gasteiger partial charge in [-0.05, 0) is 37.5 Å². The molecule has 24 heavy (non-hydrogen) atoms. The third-order valence-corrected chi connectivity index (χ3v) is 4.77. The van der Waals surface area contributed by atoms with Gasteiger partial charge in [-0.15, -0.1) is 0 Å². The van der Waals surface area contributed by atoms with Crippen LogP contribution in [0.4, 0.5) is 9.93 Å². The molecule has 0 spiro atoms. The van der Waals surface area contributed by atoms with Crippen LogP contribution in [0.3, 0.4) is 0 Å². The van der Waals surface area contributed by atoms with Crippen molar-refractivity contribution in [1.82, 2.24) is 24.6 Å². The van der Waals surface area contributed by atoms with Gasteiger partial charge < -0.3 is 10.3 Å². The number of rotatable bonds is 6. The van der Waals surface area contributed by atoms with E-state index in [1.807, 2.05) is 30.5 Å². The smallest absolute Gasteiger partial charge is 0.321 e. The monoisotopic (exact) mass is 362 g/mol. The number of fused-ring (bicyclic) bond motifs is 1. The molecule has 0 saturated heterocycles. The van der Waals surface area contributed by atoms with E-state index < -0.39 is 0 Å². The first kappa shape index (κ1) is 16.7. The number of para-hydroxylation sites is 2. The van der Waals surface area contributed by atoms with Gasteiger partial charge in [-0.1, -0.05) is 12.1 Å². The van der Waals surface area contributed by atoms with Gasteiger partial charge in [-0.25, -0.2) is 14.8 Å². The number of carbonyl (C=O) groups excluding carboxylic acids is 1. The standard InChI is InChI=1S/C15H18N6OS2/c1-9-16-15(24-21-9)20-14(22)19-12(7-8-23-2)13-17-10-5-3-4-6-11(10)18-13/h3-6,12H,7-8H2,1-2H3,(H,17,18)(H2,16,19,20,21,22). The zero-order chi connectivity index (χ0) is 16.9. The molecule has 1 aromatic carbocycles. The number of thioether (sulfide) groups is 1. The maximum Gasteiger partial charge on any atom is 0.321 e. The van der Waals surface area contributed by atoms with E-state index in [4.69, 9.17) is 0 Å². The largest absolute Gasteiger partial charge is 0.340 e.